The zero-order valence-corrected chi connectivity index (χ0v) is 19.8. The Bertz CT molecular complexity index is 1150. The minimum absolute atomic E-state index is 0.00279. The fourth-order valence-electron chi connectivity index (χ4n) is 4.24. The number of nitro benzene ring substituents is 1. The van der Waals surface area contributed by atoms with Crippen LogP contribution in [0.5, 0.6) is 0 Å². The largest absolute Gasteiger partial charge is 0.397 e. The molecule has 1 unspecified atom stereocenters. The third kappa shape index (κ3) is 4.88. The molecular weight excluding hydrogens is 442 g/mol. The summed E-state index contributed by atoms with van der Waals surface area (Å²) in [5.41, 5.74) is 0.739. The third-order valence-corrected chi connectivity index (χ3v) is 9.89. The van der Waals surface area contributed by atoms with E-state index in [0.717, 1.165) is 21.1 Å². The number of benzene rings is 4. The number of hydrogen-bond donors (Lipinski definition) is 0. The summed E-state index contributed by atoms with van der Waals surface area (Å²) in [4.78, 5) is 23.1. The molecule has 0 fully saturated rings. The smallest absolute Gasteiger partial charge is 0.288 e. The van der Waals surface area contributed by atoms with Crippen LogP contribution in [0.15, 0.2) is 115 Å². The highest BCUT2D eigenvalue weighted by Crippen LogP contribution is 2.28. The zero-order chi connectivity index (χ0) is 24.0. The number of nitro groups is 1. The molecule has 170 valence electrons. The van der Waals surface area contributed by atoms with Gasteiger partial charge in [0.15, 0.2) is 0 Å². The van der Waals surface area contributed by atoms with Gasteiger partial charge in [0.2, 0.25) is 0 Å². The molecule has 0 aliphatic heterocycles. The van der Waals surface area contributed by atoms with Gasteiger partial charge in [-0.15, -0.1) is 0 Å². The molecule has 0 spiro atoms. The molecule has 1 atom stereocenters. The Morgan fingerprint density at radius 1 is 0.765 bits per heavy atom. The molecule has 0 saturated heterocycles. The van der Waals surface area contributed by atoms with Gasteiger partial charge in [-0.25, -0.2) is 0 Å². The lowest BCUT2D eigenvalue weighted by molar-refractivity contribution is -0.384. The van der Waals surface area contributed by atoms with E-state index in [4.69, 9.17) is 4.43 Å². The Hall–Kier alpha value is -3.87. The van der Waals surface area contributed by atoms with Crippen LogP contribution in [0.1, 0.15) is 25.0 Å². The van der Waals surface area contributed by atoms with E-state index in [1.165, 1.54) is 12.1 Å². The molecule has 4 aromatic rings. The molecule has 0 aliphatic rings. The molecule has 0 N–H and O–H groups in total. The average Bonchev–Trinajstić information content (AvgIpc) is 2.88. The minimum Gasteiger partial charge on any atom is -0.397 e. The first-order valence-electron chi connectivity index (χ1n) is 11.1. The quantitative estimate of drug-likeness (QED) is 0.159. The average molecular weight is 468 g/mol. The van der Waals surface area contributed by atoms with Crippen molar-refractivity contribution in [2.45, 2.75) is 19.4 Å². The van der Waals surface area contributed by atoms with Crippen molar-refractivity contribution in [3.8, 4) is 0 Å². The fourth-order valence-corrected chi connectivity index (χ4v) is 8.28. The number of Topliss-reactive ketones (excluding diaryl/α,β-unsaturated/α-hetero) is 1. The molecule has 0 radical (unpaired) electrons. The molecule has 0 bridgehead atoms. The van der Waals surface area contributed by atoms with Crippen LogP contribution < -0.4 is 15.6 Å². The highest BCUT2D eigenvalue weighted by Gasteiger charge is 2.44. The first kappa shape index (κ1) is 23.3. The van der Waals surface area contributed by atoms with Crippen LogP contribution in [0.25, 0.3) is 0 Å². The SMILES string of the molecule is CC(=O)CC(O[Si](c1ccccc1)(c1ccccc1)c1ccccc1)c1ccc([N+](=O)[O-])cc1. The predicted octanol–water partition coefficient (Wildman–Crippen LogP) is 4.30. The van der Waals surface area contributed by atoms with E-state index in [-0.39, 0.29) is 17.9 Å². The number of rotatable bonds is 9. The van der Waals surface area contributed by atoms with Crippen molar-refractivity contribution in [3.63, 3.8) is 0 Å². The van der Waals surface area contributed by atoms with E-state index in [2.05, 4.69) is 36.4 Å². The topological polar surface area (TPSA) is 69.4 Å². The van der Waals surface area contributed by atoms with Gasteiger partial charge in [-0.3, -0.25) is 14.9 Å². The van der Waals surface area contributed by atoms with E-state index in [1.54, 1.807) is 19.1 Å². The van der Waals surface area contributed by atoms with Crippen molar-refractivity contribution < 1.29 is 14.1 Å². The van der Waals surface area contributed by atoms with Crippen molar-refractivity contribution in [3.05, 3.63) is 131 Å². The van der Waals surface area contributed by atoms with Crippen LogP contribution in [0, 0.1) is 10.1 Å². The number of carbonyl (C=O) groups is 1. The van der Waals surface area contributed by atoms with Crippen LogP contribution in [0.2, 0.25) is 0 Å². The number of nitrogens with zero attached hydrogens (tertiary/aromatic N) is 1. The first-order valence-corrected chi connectivity index (χ1v) is 13.0. The number of non-ortho nitro benzene ring substituents is 1. The van der Waals surface area contributed by atoms with Crippen LogP contribution >= 0.6 is 0 Å². The van der Waals surface area contributed by atoms with E-state index in [0.29, 0.717) is 0 Å². The lowest BCUT2D eigenvalue weighted by atomic mass is 10.0. The summed E-state index contributed by atoms with van der Waals surface area (Å²) in [5, 5.41) is 14.3. The normalized spacial score (nSPS) is 12.1. The van der Waals surface area contributed by atoms with Crippen LogP contribution in [0.4, 0.5) is 5.69 Å². The van der Waals surface area contributed by atoms with Crippen molar-refractivity contribution in [1.29, 1.82) is 0 Å². The summed E-state index contributed by atoms with van der Waals surface area (Å²) in [7, 11) is -3.06. The zero-order valence-electron chi connectivity index (χ0n) is 18.8. The Morgan fingerprint density at radius 2 is 1.18 bits per heavy atom. The van der Waals surface area contributed by atoms with Crippen molar-refractivity contribution in [2.75, 3.05) is 0 Å². The van der Waals surface area contributed by atoms with Gasteiger partial charge >= 0.3 is 0 Å². The standard InChI is InChI=1S/C28H25NO4Si/c1-22(30)21-28(23-17-19-24(20-18-23)29(31)32)33-34(25-11-5-2-6-12-25,26-13-7-3-8-14-26)27-15-9-4-10-16-27/h2-20,28H,21H2,1H3. The van der Waals surface area contributed by atoms with Gasteiger partial charge < -0.3 is 4.43 Å². The summed E-state index contributed by atoms with van der Waals surface area (Å²) < 4.78 is 7.14. The maximum absolute atomic E-state index is 12.3. The number of carbonyl (C=O) groups excluding carboxylic acids is 1. The van der Waals surface area contributed by atoms with E-state index >= 15 is 0 Å². The maximum atomic E-state index is 12.3. The second kappa shape index (κ2) is 10.4. The molecule has 6 heteroatoms. The predicted molar refractivity (Wildman–Crippen MR) is 136 cm³/mol. The molecule has 5 nitrogen and oxygen atoms in total. The van der Waals surface area contributed by atoms with E-state index < -0.39 is 19.3 Å². The molecule has 34 heavy (non-hydrogen) atoms. The van der Waals surface area contributed by atoms with E-state index in [1.807, 2.05) is 54.6 Å². The fraction of sp³-hybridized carbons (Fsp3) is 0.107. The Labute approximate surface area is 199 Å². The summed E-state index contributed by atoms with van der Waals surface area (Å²) in [6, 6.07) is 36.7. The van der Waals surface area contributed by atoms with Crippen molar-refractivity contribution in [1.82, 2.24) is 0 Å². The molecular formula is C28H25NO4Si. The number of ketones is 1. The molecule has 0 heterocycles. The van der Waals surface area contributed by atoms with Crippen molar-refractivity contribution >= 4 is 35.3 Å². The Kier molecular flexibility index (Phi) is 7.11. The highest BCUT2D eigenvalue weighted by molar-refractivity contribution is 7.07. The molecule has 4 rings (SSSR count). The second-order valence-corrected chi connectivity index (χ2v) is 11.5. The summed E-state index contributed by atoms with van der Waals surface area (Å²) in [5.74, 6) is -0.0135. The van der Waals surface area contributed by atoms with Gasteiger partial charge in [-0.05, 0) is 40.2 Å². The molecule has 0 amide bonds. The minimum atomic E-state index is -3.06. The lowest BCUT2D eigenvalue weighted by Gasteiger charge is -2.36. The van der Waals surface area contributed by atoms with Gasteiger partial charge in [0.05, 0.1) is 11.0 Å². The van der Waals surface area contributed by atoms with Gasteiger partial charge in [0.25, 0.3) is 14.0 Å². The molecule has 0 aliphatic carbocycles. The van der Waals surface area contributed by atoms with Gasteiger partial charge in [-0.1, -0.05) is 91.0 Å². The summed E-state index contributed by atoms with van der Waals surface area (Å²) in [6.45, 7) is 1.54. The number of hydrogen-bond acceptors (Lipinski definition) is 4. The van der Waals surface area contributed by atoms with Gasteiger partial charge in [0, 0.05) is 18.6 Å². The molecule has 4 aromatic carbocycles. The third-order valence-electron chi connectivity index (χ3n) is 5.81. The highest BCUT2D eigenvalue weighted by atomic mass is 28.4. The monoisotopic (exact) mass is 467 g/mol. The first-order chi connectivity index (χ1) is 16.5. The Balaban J connectivity index is 1.93. The van der Waals surface area contributed by atoms with Gasteiger partial charge in [0.1, 0.15) is 5.78 Å². The second-order valence-electron chi connectivity index (χ2n) is 8.14. The lowest BCUT2D eigenvalue weighted by Crippen LogP contribution is -2.69. The summed E-state index contributed by atoms with van der Waals surface area (Å²) >= 11 is 0. The maximum Gasteiger partial charge on any atom is 0.288 e. The Morgan fingerprint density at radius 3 is 1.53 bits per heavy atom. The van der Waals surface area contributed by atoms with Crippen LogP contribution in [-0.2, 0) is 9.22 Å². The molecule has 0 aromatic heterocycles. The van der Waals surface area contributed by atoms with Crippen molar-refractivity contribution in [2.24, 2.45) is 0 Å². The van der Waals surface area contributed by atoms with Gasteiger partial charge in [-0.2, -0.15) is 0 Å². The van der Waals surface area contributed by atoms with Crippen LogP contribution in [-0.4, -0.2) is 19.0 Å². The molecule has 0 saturated carbocycles. The van der Waals surface area contributed by atoms with Crippen LogP contribution in [0.3, 0.4) is 0 Å². The summed E-state index contributed by atoms with van der Waals surface area (Å²) in [6.07, 6.45) is -0.399. The van der Waals surface area contributed by atoms with E-state index in [9.17, 15) is 14.9 Å².